The van der Waals surface area contributed by atoms with Gasteiger partial charge in [0.05, 0.1) is 23.6 Å². The van der Waals surface area contributed by atoms with Gasteiger partial charge >= 0.3 is 0 Å². The summed E-state index contributed by atoms with van der Waals surface area (Å²) in [6.45, 7) is 0.451. The molecule has 0 aliphatic carbocycles. The Balaban J connectivity index is 1.41. The van der Waals surface area contributed by atoms with Crippen molar-refractivity contribution in [3.05, 3.63) is 72.3 Å². The molecule has 0 spiro atoms. The summed E-state index contributed by atoms with van der Waals surface area (Å²) >= 11 is 0. The SMILES string of the molecule is CNP(=O)(NC)c1ccc(Nc2cnc3nnn(Cc4ccc5ncccc5c4)c3n2)cc1F. The lowest BCUT2D eigenvalue weighted by Crippen LogP contribution is -2.27. The second-order valence-corrected chi connectivity index (χ2v) is 10.1. The van der Waals surface area contributed by atoms with Crippen LogP contribution in [0, 0.1) is 5.82 Å². The molecular weight excluding hydrogens is 456 g/mol. The zero-order valence-corrected chi connectivity index (χ0v) is 19.3. The smallest absolute Gasteiger partial charge is 0.242 e. The lowest BCUT2D eigenvalue weighted by molar-refractivity contribution is 0.566. The first-order chi connectivity index (χ1) is 16.5. The first-order valence-corrected chi connectivity index (χ1v) is 12.1. The van der Waals surface area contributed by atoms with E-state index < -0.39 is 13.3 Å². The van der Waals surface area contributed by atoms with E-state index in [2.05, 4.69) is 40.8 Å². The predicted octanol–water partition coefficient (Wildman–Crippen LogP) is 2.96. The van der Waals surface area contributed by atoms with Gasteiger partial charge in [-0.25, -0.2) is 19.0 Å². The maximum atomic E-state index is 14.7. The molecule has 0 fully saturated rings. The van der Waals surface area contributed by atoms with Gasteiger partial charge in [-0.15, -0.1) is 5.10 Å². The van der Waals surface area contributed by atoms with Crippen molar-refractivity contribution in [2.75, 3.05) is 19.4 Å². The third kappa shape index (κ3) is 4.12. The van der Waals surface area contributed by atoms with Crippen LogP contribution in [0.5, 0.6) is 0 Å². The molecule has 0 saturated heterocycles. The van der Waals surface area contributed by atoms with Crippen molar-refractivity contribution >= 4 is 46.5 Å². The maximum Gasteiger partial charge on any atom is 0.242 e. The molecule has 0 amide bonds. The minimum absolute atomic E-state index is 0.0671. The summed E-state index contributed by atoms with van der Waals surface area (Å²) in [6.07, 6.45) is 3.26. The third-order valence-corrected chi connectivity index (χ3v) is 7.72. The Labute approximate surface area is 194 Å². The van der Waals surface area contributed by atoms with E-state index >= 15 is 0 Å². The number of aromatic nitrogens is 6. The Hall–Kier alpha value is -3.79. The molecule has 5 aromatic rings. The van der Waals surface area contributed by atoms with Crippen LogP contribution in [0.3, 0.4) is 0 Å². The second-order valence-electron chi connectivity index (χ2n) is 7.53. The molecule has 34 heavy (non-hydrogen) atoms. The van der Waals surface area contributed by atoms with E-state index in [1.165, 1.54) is 32.4 Å². The van der Waals surface area contributed by atoms with E-state index in [1.54, 1.807) is 16.9 Å². The van der Waals surface area contributed by atoms with Crippen molar-refractivity contribution in [2.24, 2.45) is 0 Å². The summed E-state index contributed by atoms with van der Waals surface area (Å²) < 4.78 is 29.0. The van der Waals surface area contributed by atoms with Crippen molar-refractivity contribution in [3.8, 4) is 0 Å². The van der Waals surface area contributed by atoms with Crippen molar-refractivity contribution in [1.82, 2.24) is 40.1 Å². The molecule has 0 atom stereocenters. The van der Waals surface area contributed by atoms with Gasteiger partial charge in [-0.05, 0) is 56.1 Å². The highest BCUT2D eigenvalue weighted by atomic mass is 31.2. The molecule has 0 saturated carbocycles. The molecule has 0 aliphatic heterocycles. The standard InChI is InChI=1S/C22H21FN9OP/c1-24-34(33,25-2)19-8-6-16(11-17(19)23)28-20-12-27-21-22(29-20)32(31-30-21)13-14-5-7-18-15(10-14)4-3-9-26-18/h3-12H,13H2,1-2H3,(H,28,29)(H2,24,25,33). The van der Waals surface area contributed by atoms with Gasteiger partial charge in [0.1, 0.15) is 5.82 Å². The number of pyridine rings is 1. The van der Waals surface area contributed by atoms with E-state index in [0.717, 1.165) is 16.5 Å². The zero-order chi connectivity index (χ0) is 23.7. The molecule has 3 aromatic heterocycles. The normalized spacial score (nSPS) is 11.9. The van der Waals surface area contributed by atoms with Crippen LogP contribution < -0.4 is 20.8 Å². The quantitative estimate of drug-likeness (QED) is 0.304. The summed E-state index contributed by atoms with van der Waals surface area (Å²) in [5, 5.41) is 17.7. The fourth-order valence-corrected chi connectivity index (χ4v) is 5.01. The number of halogens is 1. The van der Waals surface area contributed by atoms with Gasteiger partial charge in [0.25, 0.3) is 0 Å². The Kier molecular flexibility index (Phi) is 5.74. The van der Waals surface area contributed by atoms with Crippen molar-refractivity contribution in [3.63, 3.8) is 0 Å². The average Bonchev–Trinajstić information content (AvgIpc) is 3.25. The van der Waals surface area contributed by atoms with Crippen molar-refractivity contribution in [2.45, 2.75) is 6.54 Å². The van der Waals surface area contributed by atoms with E-state index in [9.17, 15) is 8.96 Å². The first kappa shape index (κ1) is 22.0. The summed E-state index contributed by atoms with van der Waals surface area (Å²) in [5.74, 6) is -0.208. The van der Waals surface area contributed by atoms with E-state index in [4.69, 9.17) is 0 Å². The summed E-state index contributed by atoms with van der Waals surface area (Å²) in [4.78, 5) is 13.2. The first-order valence-electron chi connectivity index (χ1n) is 10.4. The van der Waals surface area contributed by atoms with E-state index in [0.29, 0.717) is 29.3 Å². The Morgan fingerprint density at radius 2 is 1.91 bits per heavy atom. The zero-order valence-electron chi connectivity index (χ0n) is 18.4. The number of rotatable bonds is 7. The Bertz CT molecular complexity index is 1550. The second kappa shape index (κ2) is 8.86. The molecule has 0 bridgehead atoms. The maximum absolute atomic E-state index is 14.7. The van der Waals surface area contributed by atoms with Crippen molar-refractivity contribution in [1.29, 1.82) is 0 Å². The number of nitrogens with zero attached hydrogens (tertiary/aromatic N) is 6. The summed E-state index contributed by atoms with van der Waals surface area (Å²) in [6, 6.07) is 14.3. The lowest BCUT2D eigenvalue weighted by Gasteiger charge is -2.17. The predicted molar refractivity (Wildman–Crippen MR) is 129 cm³/mol. The number of fused-ring (bicyclic) bond motifs is 2. The van der Waals surface area contributed by atoms with Crippen LogP contribution >= 0.6 is 7.44 Å². The number of nitrogens with one attached hydrogen (secondary N) is 3. The number of benzene rings is 2. The lowest BCUT2D eigenvalue weighted by atomic mass is 10.1. The summed E-state index contributed by atoms with van der Waals surface area (Å²) in [5.41, 5.74) is 3.26. The van der Waals surface area contributed by atoms with Gasteiger partial charge in [-0.2, -0.15) is 0 Å². The van der Waals surface area contributed by atoms with Gasteiger partial charge in [0.15, 0.2) is 11.5 Å². The molecule has 10 nitrogen and oxygen atoms in total. The molecule has 2 aromatic carbocycles. The van der Waals surface area contributed by atoms with Crippen LogP contribution in [0.2, 0.25) is 0 Å². The molecule has 0 aliphatic rings. The van der Waals surface area contributed by atoms with Crippen LogP contribution in [-0.2, 0) is 11.1 Å². The molecule has 12 heteroatoms. The van der Waals surface area contributed by atoms with Gasteiger partial charge in [-0.1, -0.05) is 17.3 Å². The van der Waals surface area contributed by atoms with Crippen LogP contribution in [0.4, 0.5) is 15.9 Å². The molecule has 0 unspecified atom stereocenters. The summed E-state index contributed by atoms with van der Waals surface area (Å²) in [7, 11) is -0.181. The van der Waals surface area contributed by atoms with Crippen LogP contribution in [0.25, 0.3) is 22.2 Å². The monoisotopic (exact) mass is 477 g/mol. The average molecular weight is 477 g/mol. The highest BCUT2D eigenvalue weighted by Crippen LogP contribution is 2.34. The van der Waals surface area contributed by atoms with Crippen LogP contribution in [-0.4, -0.2) is 44.0 Å². The highest BCUT2D eigenvalue weighted by molar-refractivity contribution is 7.67. The van der Waals surface area contributed by atoms with Gasteiger partial charge < -0.3 is 5.32 Å². The van der Waals surface area contributed by atoms with Crippen LogP contribution in [0.1, 0.15) is 5.56 Å². The Morgan fingerprint density at radius 3 is 2.71 bits per heavy atom. The fourth-order valence-electron chi connectivity index (χ4n) is 3.66. The minimum Gasteiger partial charge on any atom is -0.339 e. The van der Waals surface area contributed by atoms with Crippen molar-refractivity contribution < 1.29 is 8.96 Å². The highest BCUT2D eigenvalue weighted by Gasteiger charge is 2.24. The van der Waals surface area contributed by atoms with Gasteiger partial charge in [-0.3, -0.25) is 19.7 Å². The number of hydrogen-bond acceptors (Lipinski definition) is 7. The Morgan fingerprint density at radius 1 is 1.06 bits per heavy atom. The molecule has 5 rings (SSSR count). The molecule has 0 radical (unpaired) electrons. The molecule has 3 heterocycles. The third-order valence-electron chi connectivity index (χ3n) is 5.42. The fraction of sp³-hybridized carbons (Fsp3) is 0.136. The van der Waals surface area contributed by atoms with Gasteiger partial charge in [0.2, 0.25) is 13.1 Å². The molecule has 3 N–H and O–H groups in total. The van der Waals surface area contributed by atoms with E-state index in [-0.39, 0.29) is 5.30 Å². The van der Waals surface area contributed by atoms with Crippen LogP contribution in [0.15, 0.2) is 60.9 Å². The largest absolute Gasteiger partial charge is 0.339 e. The van der Waals surface area contributed by atoms with E-state index in [1.807, 2.05) is 30.3 Å². The molecule has 172 valence electrons. The minimum atomic E-state index is -3.21. The molecular formula is C22H21FN9OP. The topological polar surface area (TPSA) is 123 Å². The number of anilines is 2. The van der Waals surface area contributed by atoms with Gasteiger partial charge in [0, 0.05) is 17.3 Å². The number of hydrogen-bond donors (Lipinski definition) is 3.